The van der Waals surface area contributed by atoms with Gasteiger partial charge in [0.2, 0.25) is 10.0 Å². The summed E-state index contributed by atoms with van der Waals surface area (Å²) in [5.74, 6) is -0.327. The number of benzene rings is 2. The maximum absolute atomic E-state index is 12.9. The molecule has 1 fully saturated rings. The predicted molar refractivity (Wildman–Crippen MR) is 173 cm³/mol. The zero-order valence-corrected chi connectivity index (χ0v) is 28.0. The lowest BCUT2D eigenvalue weighted by atomic mass is 10.1. The number of alkyl carbamates (subject to hydrolysis) is 1. The van der Waals surface area contributed by atoms with E-state index >= 15 is 0 Å². The SMILES string of the molecule is CC(C)(C)OC(=O)NCCCN(CCc1ccc(C(=O)Nc2ccc(S(=O)(=O)N3CCNCC3)cc2)cc1)C(=O)OC(C)(C)C. The van der Waals surface area contributed by atoms with Crippen LogP contribution in [0.5, 0.6) is 0 Å². The smallest absolute Gasteiger partial charge is 0.410 e. The number of rotatable bonds is 11. The molecule has 0 spiro atoms. The number of ether oxygens (including phenoxy) is 2. The molecule has 2 aromatic rings. The Morgan fingerprint density at radius 1 is 0.867 bits per heavy atom. The second-order valence-corrected chi connectivity index (χ2v) is 14.8. The average molecular weight is 646 g/mol. The maximum Gasteiger partial charge on any atom is 0.410 e. The van der Waals surface area contributed by atoms with Gasteiger partial charge in [0.25, 0.3) is 5.91 Å². The standard InChI is InChI=1S/C32H47N5O7S/c1-31(2,3)43-29(39)34-17-7-20-36(30(40)44-32(4,5)6)21-16-24-8-10-25(11-9-24)28(38)35-26-12-14-27(15-13-26)45(41,42)37-22-18-33-19-23-37/h8-15,33H,7,16-23H2,1-6H3,(H,34,39)(H,35,38). The Hall–Kier alpha value is -3.68. The molecule has 0 unspecified atom stereocenters. The summed E-state index contributed by atoms with van der Waals surface area (Å²) in [5.41, 5.74) is 0.601. The van der Waals surface area contributed by atoms with E-state index in [2.05, 4.69) is 16.0 Å². The van der Waals surface area contributed by atoms with Crippen LogP contribution in [0.2, 0.25) is 0 Å². The number of amides is 3. The lowest BCUT2D eigenvalue weighted by Gasteiger charge is -2.27. The van der Waals surface area contributed by atoms with E-state index in [1.807, 2.05) is 12.1 Å². The van der Waals surface area contributed by atoms with Gasteiger partial charge in [-0.15, -0.1) is 0 Å². The quantitative estimate of drug-likeness (QED) is 0.308. The van der Waals surface area contributed by atoms with Crippen LogP contribution in [0, 0.1) is 0 Å². The molecular weight excluding hydrogens is 598 g/mol. The number of carbonyl (C=O) groups excluding carboxylic acids is 3. The van der Waals surface area contributed by atoms with E-state index in [1.165, 1.54) is 16.4 Å². The predicted octanol–water partition coefficient (Wildman–Crippen LogP) is 4.23. The summed E-state index contributed by atoms with van der Waals surface area (Å²) in [6.45, 7) is 14.0. The minimum absolute atomic E-state index is 0.187. The van der Waals surface area contributed by atoms with Gasteiger partial charge in [0.05, 0.1) is 4.90 Å². The first-order valence-electron chi connectivity index (χ1n) is 15.2. The first-order valence-corrected chi connectivity index (χ1v) is 16.6. The van der Waals surface area contributed by atoms with Crippen molar-refractivity contribution in [2.45, 2.75) is 70.5 Å². The van der Waals surface area contributed by atoms with Gasteiger partial charge in [-0.2, -0.15) is 4.31 Å². The molecule has 1 heterocycles. The van der Waals surface area contributed by atoms with Crippen LogP contribution in [0.15, 0.2) is 53.4 Å². The number of piperazine rings is 1. The highest BCUT2D eigenvalue weighted by Gasteiger charge is 2.26. The summed E-state index contributed by atoms with van der Waals surface area (Å²) < 4.78 is 38.0. The van der Waals surface area contributed by atoms with Crippen LogP contribution >= 0.6 is 0 Å². The van der Waals surface area contributed by atoms with E-state index in [-0.39, 0.29) is 10.8 Å². The number of carbonyl (C=O) groups is 3. The van der Waals surface area contributed by atoms with Crippen LogP contribution in [0.3, 0.4) is 0 Å². The van der Waals surface area contributed by atoms with Gasteiger partial charge >= 0.3 is 12.2 Å². The molecule has 13 heteroatoms. The lowest BCUT2D eigenvalue weighted by Crippen LogP contribution is -2.46. The van der Waals surface area contributed by atoms with Crippen molar-refractivity contribution in [1.82, 2.24) is 19.8 Å². The highest BCUT2D eigenvalue weighted by Crippen LogP contribution is 2.20. The molecule has 3 amide bonds. The third-order valence-corrected chi connectivity index (χ3v) is 8.55. The van der Waals surface area contributed by atoms with Crippen LogP contribution in [-0.4, -0.2) is 92.7 Å². The fourth-order valence-corrected chi connectivity index (χ4v) is 5.87. The van der Waals surface area contributed by atoms with Crippen molar-refractivity contribution in [2.24, 2.45) is 0 Å². The minimum Gasteiger partial charge on any atom is -0.444 e. The van der Waals surface area contributed by atoms with Crippen LogP contribution in [0.1, 0.15) is 63.9 Å². The van der Waals surface area contributed by atoms with Crippen LogP contribution < -0.4 is 16.0 Å². The zero-order chi connectivity index (χ0) is 33.3. The van der Waals surface area contributed by atoms with E-state index in [0.717, 1.165) is 5.56 Å². The molecule has 0 aromatic heterocycles. The Morgan fingerprint density at radius 2 is 1.47 bits per heavy atom. The second kappa shape index (κ2) is 15.5. The van der Waals surface area contributed by atoms with Crippen molar-refractivity contribution in [1.29, 1.82) is 0 Å². The molecule has 3 N–H and O–H groups in total. The van der Waals surface area contributed by atoms with Crippen LogP contribution in [-0.2, 0) is 25.9 Å². The first-order chi connectivity index (χ1) is 21.0. The van der Waals surface area contributed by atoms with Crippen molar-refractivity contribution < 1.29 is 32.3 Å². The molecule has 3 rings (SSSR count). The van der Waals surface area contributed by atoms with E-state index in [9.17, 15) is 22.8 Å². The Labute approximate surface area is 266 Å². The number of hydrogen-bond acceptors (Lipinski definition) is 8. The average Bonchev–Trinajstić information content (AvgIpc) is 2.96. The molecule has 0 aliphatic carbocycles. The highest BCUT2D eigenvalue weighted by molar-refractivity contribution is 7.89. The molecule has 1 saturated heterocycles. The summed E-state index contributed by atoms with van der Waals surface area (Å²) in [5, 5.41) is 8.65. The molecule has 248 valence electrons. The molecule has 2 aromatic carbocycles. The number of nitrogens with one attached hydrogen (secondary N) is 3. The van der Waals surface area contributed by atoms with E-state index in [1.54, 1.807) is 70.7 Å². The third-order valence-electron chi connectivity index (χ3n) is 6.64. The molecule has 0 bridgehead atoms. The fourth-order valence-electron chi connectivity index (χ4n) is 4.43. The van der Waals surface area contributed by atoms with Gasteiger partial charge in [0.1, 0.15) is 11.2 Å². The molecule has 1 aliphatic rings. The fraction of sp³-hybridized carbons (Fsp3) is 0.531. The monoisotopic (exact) mass is 645 g/mol. The van der Waals surface area contributed by atoms with E-state index < -0.39 is 33.4 Å². The summed E-state index contributed by atoms with van der Waals surface area (Å²) in [4.78, 5) is 39.4. The van der Waals surface area contributed by atoms with Crippen LogP contribution in [0.4, 0.5) is 15.3 Å². The number of nitrogens with zero attached hydrogens (tertiary/aromatic N) is 2. The summed E-state index contributed by atoms with van der Waals surface area (Å²) >= 11 is 0. The second-order valence-electron chi connectivity index (χ2n) is 12.8. The molecule has 45 heavy (non-hydrogen) atoms. The molecule has 0 radical (unpaired) electrons. The van der Waals surface area contributed by atoms with Crippen molar-refractivity contribution >= 4 is 33.8 Å². The van der Waals surface area contributed by atoms with Gasteiger partial charge in [0, 0.05) is 57.1 Å². The minimum atomic E-state index is -3.58. The van der Waals surface area contributed by atoms with E-state index in [0.29, 0.717) is 69.9 Å². The largest absolute Gasteiger partial charge is 0.444 e. The number of hydrogen-bond donors (Lipinski definition) is 3. The first kappa shape index (κ1) is 35.8. The Bertz CT molecular complexity index is 1390. The Morgan fingerprint density at radius 3 is 2.04 bits per heavy atom. The van der Waals surface area contributed by atoms with Gasteiger partial charge < -0.3 is 30.3 Å². The molecule has 0 atom stereocenters. The Kier molecular flexibility index (Phi) is 12.4. The summed E-state index contributed by atoms with van der Waals surface area (Å²) in [6.07, 6.45) is 0.0953. The molecule has 0 saturated carbocycles. The summed E-state index contributed by atoms with van der Waals surface area (Å²) in [6, 6.07) is 13.2. The topological polar surface area (TPSA) is 146 Å². The number of sulfonamides is 1. The van der Waals surface area contributed by atoms with Gasteiger partial charge in [-0.1, -0.05) is 12.1 Å². The van der Waals surface area contributed by atoms with Crippen molar-refractivity contribution in [2.75, 3.05) is 51.1 Å². The van der Waals surface area contributed by atoms with Crippen molar-refractivity contribution in [3.63, 3.8) is 0 Å². The lowest BCUT2D eigenvalue weighted by molar-refractivity contribution is 0.0250. The molecule has 12 nitrogen and oxygen atoms in total. The van der Waals surface area contributed by atoms with Gasteiger partial charge in [-0.3, -0.25) is 4.79 Å². The third kappa shape index (κ3) is 12.0. The number of anilines is 1. The highest BCUT2D eigenvalue weighted by atomic mass is 32.2. The van der Waals surface area contributed by atoms with Gasteiger partial charge in [0.15, 0.2) is 0 Å². The van der Waals surface area contributed by atoms with Crippen LogP contribution in [0.25, 0.3) is 0 Å². The molecule has 1 aliphatic heterocycles. The van der Waals surface area contributed by atoms with Gasteiger partial charge in [-0.25, -0.2) is 18.0 Å². The normalized spacial score (nSPS) is 14.4. The van der Waals surface area contributed by atoms with Gasteiger partial charge in [-0.05, 0) is 96.3 Å². The van der Waals surface area contributed by atoms with E-state index in [4.69, 9.17) is 9.47 Å². The Balaban J connectivity index is 1.54. The maximum atomic E-state index is 12.9. The van der Waals surface area contributed by atoms with Crippen molar-refractivity contribution in [3.8, 4) is 0 Å². The van der Waals surface area contributed by atoms with Crippen molar-refractivity contribution in [3.05, 3.63) is 59.7 Å². The summed E-state index contributed by atoms with van der Waals surface area (Å²) in [7, 11) is -3.58. The zero-order valence-electron chi connectivity index (χ0n) is 27.1. The molecular formula is C32H47N5O7S.